The van der Waals surface area contributed by atoms with E-state index >= 15 is 0 Å². The first kappa shape index (κ1) is 19.6. The molecule has 1 saturated heterocycles. The molecule has 1 aliphatic rings. The molecule has 1 atom stereocenters. The van der Waals surface area contributed by atoms with E-state index in [1.54, 1.807) is 36.6 Å². The van der Waals surface area contributed by atoms with Crippen molar-refractivity contribution in [2.45, 2.75) is 31.7 Å². The Bertz CT molecular complexity index is 818. The lowest BCUT2D eigenvalue weighted by atomic mass is 10.1. The molecule has 7 nitrogen and oxygen atoms in total. The number of benzene rings is 1. The predicted octanol–water partition coefficient (Wildman–Crippen LogP) is 1.67. The summed E-state index contributed by atoms with van der Waals surface area (Å²) in [5.41, 5.74) is 1.08. The van der Waals surface area contributed by atoms with Gasteiger partial charge in [-0.2, -0.15) is 5.26 Å². The Morgan fingerprint density at radius 3 is 2.54 bits per heavy atom. The summed E-state index contributed by atoms with van der Waals surface area (Å²) in [4.78, 5) is 25.4. The van der Waals surface area contributed by atoms with Crippen LogP contribution in [-0.4, -0.2) is 31.4 Å². The van der Waals surface area contributed by atoms with Crippen molar-refractivity contribution in [1.29, 1.82) is 5.26 Å². The van der Waals surface area contributed by atoms with Crippen molar-refractivity contribution >= 4 is 17.5 Å². The molecule has 2 heterocycles. The number of hydrogen-bond acceptors (Lipinski definition) is 4. The number of nitriles is 1. The Labute approximate surface area is 164 Å². The van der Waals surface area contributed by atoms with Gasteiger partial charge in [0, 0.05) is 11.3 Å². The highest BCUT2D eigenvalue weighted by molar-refractivity contribution is 5.96. The molecule has 0 unspecified atom stereocenters. The van der Waals surface area contributed by atoms with Gasteiger partial charge in [-0.3, -0.25) is 9.59 Å². The second-order valence-electron chi connectivity index (χ2n) is 6.96. The first-order valence-electron chi connectivity index (χ1n) is 9.60. The smallest absolute Gasteiger partial charge is 0.251 e. The lowest BCUT2D eigenvalue weighted by molar-refractivity contribution is -0.936. The van der Waals surface area contributed by atoms with Crippen LogP contribution in [-0.2, 0) is 4.79 Å². The van der Waals surface area contributed by atoms with Gasteiger partial charge >= 0.3 is 0 Å². The molecule has 0 aliphatic carbocycles. The number of quaternary nitrogens is 1. The summed E-state index contributed by atoms with van der Waals surface area (Å²) in [7, 11) is 0. The van der Waals surface area contributed by atoms with Gasteiger partial charge in [0.05, 0.1) is 32.0 Å². The van der Waals surface area contributed by atoms with Gasteiger partial charge < -0.3 is 20.0 Å². The summed E-state index contributed by atoms with van der Waals surface area (Å²) in [5, 5.41) is 14.2. The summed E-state index contributed by atoms with van der Waals surface area (Å²) >= 11 is 0. The second kappa shape index (κ2) is 9.72. The molecule has 1 fully saturated rings. The zero-order chi connectivity index (χ0) is 19.8. The molecule has 1 aromatic heterocycles. The number of anilines is 1. The SMILES string of the molecule is N#CCC(=O)Nc1ccc(C(=O)NC[C@@H](c2ccco2)[NH+]2CCCCC2)cc1. The standard InChI is InChI=1S/C21H24N4O3/c22-11-10-20(26)24-17-8-6-16(7-9-17)21(27)23-15-18(19-5-4-14-28-19)25-12-2-1-3-13-25/h4-9,14,18H,1-3,10,12-13,15H2,(H,23,27)(H,24,26)/p+1/t18-/m0/s1. The number of likely N-dealkylation sites (tertiary alicyclic amines) is 1. The van der Waals surface area contributed by atoms with Crippen molar-refractivity contribution in [2.24, 2.45) is 0 Å². The topological polar surface area (TPSA) is 99.6 Å². The number of amides is 2. The molecule has 3 N–H and O–H groups in total. The molecular formula is C21H25N4O3+. The molecule has 1 aromatic carbocycles. The highest BCUT2D eigenvalue weighted by Crippen LogP contribution is 2.13. The fraction of sp³-hybridized carbons (Fsp3) is 0.381. The molecule has 2 amide bonds. The van der Waals surface area contributed by atoms with Crippen LogP contribution >= 0.6 is 0 Å². The molecule has 1 aliphatic heterocycles. The Kier molecular flexibility index (Phi) is 6.82. The zero-order valence-electron chi connectivity index (χ0n) is 15.7. The van der Waals surface area contributed by atoms with E-state index in [-0.39, 0.29) is 24.3 Å². The maximum atomic E-state index is 12.6. The highest BCUT2D eigenvalue weighted by Gasteiger charge is 2.28. The summed E-state index contributed by atoms with van der Waals surface area (Å²) in [6, 6.07) is 12.4. The third kappa shape index (κ3) is 5.21. The Morgan fingerprint density at radius 1 is 1.14 bits per heavy atom. The maximum Gasteiger partial charge on any atom is 0.251 e. The number of rotatable bonds is 7. The molecule has 7 heteroatoms. The second-order valence-corrected chi connectivity index (χ2v) is 6.96. The number of carbonyl (C=O) groups excluding carboxylic acids is 2. The van der Waals surface area contributed by atoms with Crippen LogP contribution in [0.5, 0.6) is 0 Å². The molecule has 2 aromatic rings. The highest BCUT2D eigenvalue weighted by atomic mass is 16.3. The average Bonchev–Trinajstić information content (AvgIpc) is 3.24. The number of nitrogens with one attached hydrogen (secondary N) is 3. The van der Waals surface area contributed by atoms with E-state index in [9.17, 15) is 9.59 Å². The van der Waals surface area contributed by atoms with Crippen molar-refractivity contribution in [3.8, 4) is 6.07 Å². The minimum Gasteiger partial charge on any atom is -0.463 e. The molecule has 28 heavy (non-hydrogen) atoms. The van der Waals surface area contributed by atoms with Crippen LogP contribution < -0.4 is 15.5 Å². The summed E-state index contributed by atoms with van der Waals surface area (Å²) in [5.74, 6) is 0.362. The van der Waals surface area contributed by atoms with Crippen molar-refractivity contribution < 1.29 is 18.9 Å². The molecule has 3 rings (SSSR count). The largest absolute Gasteiger partial charge is 0.463 e. The molecule has 0 radical (unpaired) electrons. The number of hydrogen-bond donors (Lipinski definition) is 3. The van der Waals surface area contributed by atoms with Crippen LogP contribution in [0, 0.1) is 11.3 Å². The summed E-state index contributed by atoms with van der Waals surface area (Å²) in [6.45, 7) is 2.67. The number of furan rings is 1. The van der Waals surface area contributed by atoms with E-state index < -0.39 is 0 Å². The van der Waals surface area contributed by atoms with Gasteiger partial charge in [0.25, 0.3) is 5.91 Å². The minimum atomic E-state index is -0.370. The Hall–Kier alpha value is -3.11. The van der Waals surface area contributed by atoms with Gasteiger partial charge in [-0.25, -0.2) is 0 Å². The lowest BCUT2D eigenvalue weighted by Gasteiger charge is -2.30. The monoisotopic (exact) mass is 381 g/mol. The van der Waals surface area contributed by atoms with Gasteiger partial charge in [-0.1, -0.05) is 0 Å². The fourth-order valence-electron chi connectivity index (χ4n) is 3.57. The van der Waals surface area contributed by atoms with Crippen LogP contribution in [0.4, 0.5) is 5.69 Å². The number of carbonyl (C=O) groups is 2. The fourth-order valence-corrected chi connectivity index (χ4v) is 3.57. The molecule has 0 saturated carbocycles. The van der Waals surface area contributed by atoms with Crippen LogP contribution in [0.3, 0.4) is 0 Å². The van der Waals surface area contributed by atoms with E-state index in [0.717, 1.165) is 18.8 Å². The van der Waals surface area contributed by atoms with Crippen LogP contribution in [0.1, 0.15) is 47.8 Å². The van der Waals surface area contributed by atoms with Gasteiger partial charge in [-0.15, -0.1) is 0 Å². The lowest BCUT2D eigenvalue weighted by Crippen LogP contribution is -3.13. The first-order chi connectivity index (χ1) is 13.7. The third-order valence-electron chi connectivity index (χ3n) is 5.01. The van der Waals surface area contributed by atoms with E-state index in [4.69, 9.17) is 9.68 Å². The maximum absolute atomic E-state index is 12.6. The molecular weight excluding hydrogens is 356 g/mol. The average molecular weight is 381 g/mol. The van der Waals surface area contributed by atoms with Crippen molar-refractivity contribution in [3.63, 3.8) is 0 Å². The van der Waals surface area contributed by atoms with Crippen molar-refractivity contribution in [2.75, 3.05) is 25.0 Å². The Morgan fingerprint density at radius 2 is 1.89 bits per heavy atom. The quantitative estimate of drug-likeness (QED) is 0.679. The van der Waals surface area contributed by atoms with E-state index in [2.05, 4.69) is 10.6 Å². The molecule has 0 spiro atoms. The van der Waals surface area contributed by atoms with Gasteiger partial charge in [0.1, 0.15) is 6.42 Å². The predicted molar refractivity (Wildman–Crippen MR) is 104 cm³/mol. The normalized spacial score (nSPS) is 15.4. The van der Waals surface area contributed by atoms with E-state index in [1.807, 2.05) is 12.1 Å². The number of nitrogens with zero attached hydrogens (tertiary/aromatic N) is 1. The first-order valence-corrected chi connectivity index (χ1v) is 9.60. The van der Waals surface area contributed by atoms with Crippen LogP contribution in [0.2, 0.25) is 0 Å². The molecule has 0 bridgehead atoms. The van der Waals surface area contributed by atoms with Gasteiger partial charge in [0.2, 0.25) is 5.91 Å². The van der Waals surface area contributed by atoms with Crippen molar-refractivity contribution in [1.82, 2.24) is 5.32 Å². The van der Waals surface area contributed by atoms with E-state index in [0.29, 0.717) is 17.8 Å². The van der Waals surface area contributed by atoms with E-state index in [1.165, 1.54) is 24.2 Å². The van der Waals surface area contributed by atoms with Crippen molar-refractivity contribution in [3.05, 3.63) is 54.0 Å². The van der Waals surface area contributed by atoms with Crippen LogP contribution in [0.25, 0.3) is 0 Å². The van der Waals surface area contributed by atoms with Gasteiger partial charge in [0.15, 0.2) is 11.8 Å². The summed E-state index contributed by atoms with van der Waals surface area (Å²) < 4.78 is 5.62. The number of piperidine rings is 1. The minimum absolute atomic E-state index is 0.101. The zero-order valence-corrected chi connectivity index (χ0v) is 15.7. The summed E-state index contributed by atoms with van der Waals surface area (Å²) in [6.07, 6.45) is 5.12. The van der Waals surface area contributed by atoms with Gasteiger partial charge in [-0.05, 0) is 55.7 Å². The third-order valence-corrected chi connectivity index (χ3v) is 5.01. The molecule has 146 valence electrons. The van der Waals surface area contributed by atoms with Crippen LogP contribution in [0.15, 0.2) is 47.1 Å². The Balaban J connectivity index is 1.59.